The van der Waals surface area contributed by atoms with Crippen molar-refractivity contribution < 1.29 is 0 Å². The molecule has 1 aromatic rings. The van der Waals surface area contributed by atoms with Crippen LogP contribution in [0.4, 0.5) is 5.82 Å². The van der Waals surface area contributed by atoms with Crippen molar-refractivity contribution in [2.24, 2.45) is 5.41 Å². The lowest BCUT2D eigenvalue weighted by atomic mass is 9.87. The second kappa shape index (κ2) is 6.57. The highest BCUT2D eigenvalue weighted by Gasteiger charge is 2.30. The molecule has 2 aliphatic rings. The van der Waals surface area contributed by atoms with Crippen LogP contribution in [0.15, 0.2) is 24.4 Å². The zero-order chi connectivity index (χ0) is 14.7. The van der Waals surface area contributed by atoms with E-state index in [1.165, 1.54) is 30.8 Å². The molecule has 2 aliphatic heterocycles. The van der Waals surface area contributed by atoms with Crippen LogP contribution >= 0.6 is 11.8 Å². The van der Waals surface area contributed by atoms with E-state index in [0.29, 0.717) is 17.5 Å². The minimum Gasteiger partial charge on any atom is -0.357 e. The Hall–Kier alpha value is -0.740. The van der Waals surface area contributed by atoms with Crippen LogP contribution in [-0.4, -0.2) is 41.7 Å². The molecule has 1 atom stereocenters. The summed E-state index contributed by atoms with van der Waals surface area (Å²) >= 11 is 2.11. The lowest BCUT2D eigenvalue weighted by Crippen LogP contribution is -2.49. The van der Waals surface area contributed by atoms with Gasteiger partial charge in [0, 0.05) is 37.1 Å². The number of aromatic nitrogens is 1. The summed E-state index contributed by atoms with van der Waals surface area (Å²) in [7, 11) is 0. The summed E-state index contributed by atoms with van der Waals surface area (Å²) < 4.78 is 0. The number of nitrogens with zero attached hydrogens (tertiary/aromatic N) is 2. The van der Waals surface area contributed by atoms with Crippen LogP contribution in [0.3, 0.4) is 0 Å². The molecule has 0 spiro atoms. The third kappa shape index (κ3) is 4.13. The summed E-state index contributed by atoms with van der Waals surface area (Å²) in [6.45, 7) is 7.05. The first kappa shape index (κ1) is 15.2. The van der Waals surface area contributed by atoms with E-state index in [2.05, 4.69) is 52.9 Å². The van der Waals surface area contributed by atoms with Crippen LogP contribution < -0.4 is 10.2 Å². The van der Waals surface area contributed by atoms with Crippen molar-refractivity contribution >= 4 is 17.6 Å². The Morgan fingerprint density at radius 3 is 2.71 bits per heavy atom. The van der Waals surface area contributed by atoms with Gasteiger partial charge in [-0.2, -0.15) is 11.8 Å². The zero-order valence-corrected chi connectivity index (χ0v) is 14.0. The lowest BCUT2D eigenvalue weighted by Gasteiger charge is -2.39. The molecule has 0 bridgehead atoms. The van der Waals surface area contributed by atoms with Gasteiger partial charge in [0.25, 0.3) is 0 Å². The third-order valence-electron chi connectivity index (χ3n) is 4.55. The first-order chi connectivity index (χ1) is 10.1. The molecule has 116 valence electrons. The summed E-state index contributed by atoms with van der Waals surface area (Å²) in [5.41, 5.74) is 0.495. The quantitative estimate of drug-likeness (QED) is 0.928. The van der Waals surface area contributed by atoms with Crippen molar-refractivity contribution in [2.45, 2.75) is 45.2 Å². The molecule has 0 aliphatic carbocycles. The van der Waals surface area contributed by atoms with Crippen molar-refractivity contribution in [3.05, 3.63) is 24.4 Å². The average molecular weight is 305 g/mol. The predicted molar refractivity (Wildman–Crippen MR) is 92.1 cm³/mol. The van der Waals surface area contributed by atoms with Crippen LogP contribution in [-0.2, 0) is 0 Å². The van der Waals surface area contributed by atoms with Crippen molar-refractivity contribution in [3.8, 4) is 0 Å². The van der Waals surface area contributed by atoms with Gasteiger partial charge in [-0.05, 0) is 42.6 Å². The van der Waals surface area contributed by atoms with Gasteiger partial charge in [0.05, 0.1) is 0 Å². The zero-order valence-electron chi connectivity index (χ0n) is 13.2. The highest BCUT2D eigenvalue weighted by Crippen LogP contribution is 2.34. The number of anilines is 1. The van der Waals surface area contributed by atoms with Gasteiger partial charge in [-0.25, -0.2) is 4.98 Å². The highest BCUT2D eigenvalue weighted by atomic mass is 32.2. The first-order valence-electron chi connectivity index (χ1n) is 8.12. The number of hydrogen-bond acceptors (Lipinski definition) is 4. The summed E-state index contributed by atoms with van der Waals surface area (Å²) in [6.07, 6.45) is 5.68. The van der Waals surface area contributed by atoms with E-state index in [4.69, 9.17) is 0 Å². The molecule has 3 nitrogen and oxygen atoms in total. The van der Waals surface area contributed by atoms with Crippen molar-refractivity contribution in [3.63, 3.8) is 0 Å². The van der Waals surface area contributed by atoms with E-state index in [9.17, 15) is 0 Å². The molecular weight excluding hydrogens is 278 g/mol. The van der Waals surface area contributed by atoms with Gasteiger partial charge in [-0.15, -0.1) is 0 Å². The largest absolute Gasteiger partial charge is 0.357 e. The standard InChI is InChI=1S/C17H27N3S/c1-17(2)11-15(12-21-13-17)19-14-6-9-20(10-7-14)16-5-3-4-8-18-16/h3-5,8,14-15,19H,6-7,9-13H2,1-2H3. The van der Waals surface area contributed by atoms with E-state index in [-0.39, 0.29) is 0 Å². The molecular formula is C17H27N3S. The van der Waals surface area contributed by atoms with E-state index in [1.54, 1.807) is 0 Å². The number of pyridine rings is 1. The molecule has 1 aromatic heterocycles. The topological polar surface area (TPSA) is 28.2 Å². The molecule has 21 heavy (non-hydrogen) atoms. The molecule has 0 aromatic carbocycles. The van der Waals surface area contributed by atoms with Gasteiger partial charge in [0.1, 0.15) is 5.82 Å². The van der Waals surface area contributed by atoms with Crippen LogP contribution in [0.5, 0.6) is 0 Å². The van der Waals surface area contributed by atoms with E-state index < -0.39 is 0 Å². The molecule has 1 N–H and O–H groups in total. The molecule has 4 heteroatoms. The fourth-order valence-electron chi connectivity index (χ4n) is 3.52. The smallest absolute Gasteiger partial charge is 0.128 e. The molecule has 0 amide bonds. The number of piperidine rings is 1. The van der Waals surface area contributed by atoms with Crippen molar-refractivity contribution in [1.82, 2.24) is 10.3 Å². The summed E-state index contributed by atoms with van der Waals surface area (Å²) in [4.78, 5) is 6.88. The van der Waals surface area contributed by atoms with Gasteiger partial charge in [0.2, 0.25) is 0 Å². The normalized spacial score (nSPS) is 26.8. The molecule has 0 radical (unpaired) electrons. The number of nitrogens with one attached hydrogen (secondary N) is 1. The fourth-order valence-corrected chi connectivity index (χ4v) is 4.81. The Labute approximate surface area is 132 Å². The maximum atomic E-state index is 4.46. The SMILES string of the molecule is CC1(C)CSCC(NC2CCN(c3ccccn3)CC2)C1. The second-order valence-electron chi connectivity index (χ2n) is 7.20. The van der Waals surface area contributed by atoms with Crippen LogP contribution in [0, 0.1) is 5.41 Å². The maximum Gasteiger partial charge on any atom is 0.128 e. The first-order valence-corrected chi connectivity index (χ1v) is 9.28. The van der Waals surface area contributed by atoms with Gasteiger partial charge >= 0.3 is 0 Å². The third-order valence-corrected chi connectivity index (χ3v) is 6.17. The monoisotopic (exact) mass is 305 g/mol. The average Bonchev–Trinajstić information content (AvgIpc) is 2.48. The molecule has 3 heterocycles. The Kier molecular flexibility index (Phi) is 4.75. The number of thioether (sulfide) groups is 1. The van der Waals surface area contributed by atoms with Crippen LogP contribution in [0.2, 0.25) is 0 Å². The predicted octanol–water partition coefficient (Wildman–Crippen LogP) is 3.17. The Bertz CT molecular complexity index is 441. The van der Waals surface area contributed by atoms with Gasteiger partial charge in [-0.1, -0.05) is 19.9 Å². The van der Waals surface area contributed by atoms with Crippen molar-refractivity contribution in [1.29, 1.82) is 0 Å². The highest BCUT2D eigenvalue weighted by molar-refractivity contribution is 7.99. The number of rotatable bonds is 3. The fraction of sp³-hybridized carbons (Fsp3) is 0.706. The van der Waals surface area contributed by atoms with Gasteiger partial charge in [0.15, 0.2) is 0 Å². The van der Waals surface area contributed by atoms with Crippen molar-refractivity contribution in [2.75, 3.05) is 29.5 Å². The van der Waals surface area contributed by atoms with Crippen LogP contribution in [0.1, 0.15) is 33.1 Å². The molecule has 1 unspecified atom stereocenters. The summed E-state index contributed by atoms with van der Waals surface area (Å²) in [5, 5.41) is 3.92. The van der Waals surface area contributed by atoms with Crippen LogP contribution in [0.25, 0.3) is 0 Å². The van der Waals surface area contributed by atoms with Gasteiger partial charge < -0.3 is 10.2 Å². The Morgan fingerprint density at radius 1 is 1.24 bits per heavy atom. The molecule has 3 rings (SSSR count). The maximum absolute atomic E-state index is 4.46. The lowest BCUT2D eigenvalue weighted by molar-refractivity contribution is 0.284. The van der Waals surface area contributed by atoms with E-state index in [1.807, 2.05) is 12.3 Å². The number of hydrogen-bond donors (Lipinski definition) is 1. The van der Waals surface area contributed by atoms with E-state index in [0.717, 1.165) is 18.9 Å². The Morgan fingerprint density at radius 2 is 2.05 bits per heavy atom. The minimum atomic E-state index is 0.495. The Balaban J connectivity index is 1.48. The molecule has 0 saturated carbocycles. The molecule has 2 saturated heterocycles. The second-order valence-corrected chi connectivity index (χ2v) is 8.23. The summed E-state index contributed by atoms with van der Waals surface area (Å²) in [5.74, 6) is 3.72. The van der Waals surface area contributed by atoms with Gasteiger partial charge in [-0.3, -0.25) is 0 Å². The van der Waals surface area contributed by atoms with E-state index >= 15 is 0 Å². The molecule has 2 fully saturated rings. The minimum absolute atomic E-state index is 0.495. The summed E-state index contributed by atoms with van der Waals surface area (Å²) in [6, 6.07) is 7.57.